The Morgan fingerprint density at radius 2 is 2.10 bits per heavy atom. The van der Waals surface area contributed by atoms with Crippen LogP contribution in [-0.2, 0) is 9.53 Å². The van der Waals surface area contributed by atoms with E-state index in [1.54, 1.807) is 14.0 Å². The zero-order valence-corrected chi connectivity index (χ0v) is 15.4. The van der Waals surface area contributed by atoms with E-state index in [-0.39, 0.29) is 5.78 Å². The maximum absolute atomic E-state index is 11.0. The molecule has 0 aliphatic heterocycles. The molecule has 0 aromatic carbocycles. The SMILES string of the molecule is CCCCC(=S)SCCC.COC1=C(C(C)=O)C=CCC1. The zero-order valence-electron chi connectivity index (χ0n) is 13.7. The maximum atomic E-state index is 11.0. The predicted octanol–water partition coefficient (Wildman–Crippen LogP) is 5.47. The molecule has 0 atom stereocenters. The number of hydrogen-bond acceptors (Lipinski definition) is 4. The Labute approximate surface area is 139 Å². The molecule has 1 aliphatic rings. The lowest BCUT2D eigenvalue weighted by Crippen LogP contribution is -2.03. The molecule has 1 rings (SSSR count). The van der Waals surface area contributed by atoms with Crippen molar-refractivity contribution in [3.05, 3.63) is 23.5 Å². The summed E-state index contributed by atoms with van der Waals surface area (Å²) in [5.41, 5.74) is 0.721. The average molecular weight is 329 g/mol. The van der Waals surface area contributed by atoms with Crippen molar-refractivity contribution in [2.75, 3.05) is 12.9 Å². The van der Waals surface area contributed by atoms with Crippen LogP contribution in [0.3, 0.4) is 0 Å². The van der Waals surface area contributed by atoms with Crippen LogP contribution in [-0.4, -0.2) is 22.8 Å². The highest BCUT2D eigenvalue weighted by Gasteiger charge is 2.11. The van der Waals surface area contributed by atoms with Gasteiger partial charge in [-0.15, -0.1) is 11.8 Å². The van der Waals surface area contributed by atoms with E-state index in [2.05, 4.69) is 13.8 Å². The quantitative estimate of drug-likeness (QED) is 0.579. The van der Waals surface area contributed by atoms with Crippen molar-refractivity contribution < 1.29 is 9.53 Å². The minimum Gasteiger partial charge on any atom is -0.500 e. The van der Waals surface area contributed by atoms with Gasteiger partial charge in [-0.05, 0) is 38.4 Å². The van der Waals surface area contributed by atoms with E-state index in [4.69, 9.17) is 17.0 Å². The van der Waals surface area contributed by atoms with Crippen molar-refractivity contribution in [1.29, 1.82) is 0 Å². The number of ketones is 1. The van der Waals surface area contributed by atoms with Crippen LogP contribution in [0.2, 0.25) is 0 Å². The normalized spacial score (nSPS) is 13.5. The molecule has 1 aliphatic carbocycles. The van der Waals surface area contributed by atoms with Crippen molar-refractivity contribution in [2.45, 2.75) is 59.3 Å². The van der Waals surface area contributed by atoms with Crippen LogP contribution >= 0.6 is 24.0 Å². The number of carbonyl (C=O) groups is 1. The fourth-order valence-electron chi connectivity index (χ4n) is 1.78. The van der Waals surface area contributed by atoms with Gasteiger partial charge in [0.1, 0.15) is 5.76 Å². The summed E-state index contributed by atoms with van der Waals surface area (Å²) < 4.78 is 6.27. The number of thioether (sulfide) groups is 1. The molecule has 0 amide bonds. The van der Waals surface area contributed by atoms with Crippen LogP contribution < -0.4 is 0 Å². The van der Waals surface area contributed by atoms with Crippen LogP contribution in [0.4, 0.5) is 0 Å². The molecular formula is C17H28O2S2. The minimum atomic E-state index is 0.0813. The topological polar surface area (TPSA) is 26.3 Å². The van der Waals surface area contributed by atoms with Crippen LogP contribution in [0.15, 0.2) is 23.5 Å². The van der Waals surface area contributed by atoms with Gasteiger partial charge in [0.25, 0.3) is 0 Å². The lowest BCUT2D eigenvalue weighted by molar-refractivity contribution is -0.113. The summed E-state index contributed by atoms with van der Waals surface area (Å²) in [4.78, 5) is 11.0. The number of rotatable bonds is 7. The van der Waals surface area contributed by atoms with E-state index in [1.807, 2.05) is 23.9 Å². The van der Waals surface area contributed by atoms with E-state index in [9.17, 15) is 4.79 Å². The number of allylic oxidation sites excluding steroid dienone is 4. The van der Waals surface area contributed by atoms with E-state index < -0.39 is 0 Å². The molecule has 0 unspecified atom stereocenters. The first-order valence-electron chi connectivity index (χ1n) is 7.66. The summed E-state index contributed by atoms with van der Waals surface area (Å²) in [6.07, 6.45) is 10.5. The molecule has 0 saturated carbocycles. The first-order valence-corrected chi connectivity index (χ1v) is 9.06. The zero-order chi connectivity index (χ0) is 16.1. The number of hydrogen-bond donors (Lipinski definition) is 0. The second kappa shape index (κ2) is 13.1. The Morgan fingerprint density at radius 3 is 2.57 bits per heavy atom. The third kappa shape index (κ3) is 9.86. The molecule has 0 N–H and O–H groups in total. The van der Waals surface area contributed by atoms with Gasteiger partial charge in [-0.2, -0.15) is 0 Å². The summed E-state index contributed by atoms with van der Waals surface area (Å²) in [7, 11) is 1.61. The van der Waals surface area contributed by atoms with Gasteiger partial charge in [0.15, 0.2) is 5.78 Å². The molecule has 0 spiro atoms. The second-order valence-electron chi connectivity index (χ2n) is 4.86. The number of Topliss-reactive ketones (excluding diaryl/α,β-unsaturated/α-hetero) is 1. The smallest absolute Gasteiger partial charge is 0.163 e. The van der Waals surface area contributed by atoms with Crippen LogP contribution in [0.1, 0.15) is 59.3 Å². The van der Waals surface area contributed by atoms with Gasteiger partial charge in [-0.1, -0.05) is 44.6 Å². The molecule has 0 aromatic heterocycles. The third-order valence-electron chi connectivity index (χ3n) is 2.95. The number of methoxy groups -OCH3 is 1. The summed E-state index contributed by atoms with van der Waals surface area (Å²) in [5.74, 6) is 2.10. The van der Waals surface area contributed by atoms with E-state index >= 15 is 0 Å². The molecule has 0 aromatic rings. The molecule has 0 radical (unpaired) electrons. The molecule has 2 nitrogen and oxygen atoms in total. The number of thiocarbonyl (C=S) groups is 1. The molecular weight excluding hydrogens is 300 g/mol. The molecule has 0 bridgehead atoms. The van der Waals surface area contributed by atoms with Crippen molar-refractivity contribution >= 4 is 34.0 Å². The first-order chi connectivity index (χ1) is 10.1. The van der Waals surface area contributed by atoms with Crippen molar-refractivity contribution in [3.63, 3.8) is 0 Å². The fourth-order valence-corrected chi connectivity index (χ4v) is 2.89. The molecule has 21 heavy (non-hydrogen) atoms. The van der Waals surface area contributed by atoms with Crippen LogP contribution in [0.25, 0.3) is 0 Å². The van der Waals surface area contributed by atoms with Crippen molar-refractivity contribution in [1.82, 2.24) is 0 Å². The van der Waals surface area contributed by atoms with Crippen LogP contribution in [0.5, 0.6) is 0 Å². The Hall–Kier alpha value is -0.610. The van der Waals surface area contributed by atoms with Gasteiger partial charge >= 0.3 is 0 Å². The van der Waals surface area contributed by atoms with Gasteiger partial charge in [0.05, 0.1) is 12.7 Å². The molecule has 0 heterocycles. The highest BCUT2D eigenvalue weighted by Crippen LogP contribution is 2.19. The molecule has 0 fully saturated rings. The standard InChI is InChI=1S/C9H12O2.C8H16S2/c1-7(10)8-5-3-4-6-9(8)11-2;1-3-5-6-8(9)10-7-4-2/h3,5H,4,6H2,1-2H3;3-7H2,1-2H3. The fraction of sp³-hybridized carbons (Fsp3) is 0.647. The summed E-state index contributed by atoms with van der Waals surface area (Å²) >= 11 is 7.00. The Kier molecular flexibility index (Phi) is 12.7. The third-order valence-corrected chi connectivity index (χ3v) is 4.65. The summed E-state index contributed by atoms with van der Waals surface area (Å²) in [6.45, 7) is 5.95. The van der Waals surface area contributed by atoms with Gasteiger partial charge < -0.3 is 4.74 Å². The number of carbonyl (C=O) groups excluding carboxylic acids is 1. The van der Waals surface area contributed by atoms with Gasteiger partial charge in [-0.25, -0.2) is 0 Å². The largest absolute Gasteiger partial charge is 0.500 e. The Morgan fingerprint density at radius 1 is 1.38 bits per heavy atom. The molecule has 120 valence electrons. The second-order valence-corrected chi connectivity index (χ2v) is 6.80. The first kappa shape index (κ1) is 20.4. The number of unbranched alkanes of at least 4 members (excludes halogenated alkanes) is 1. The lowest BCUT2D eigenvalue weighted by atomic mass is 10.0. The Bertz CT molecular complexity index is 374. The molecule has 0 saturated heterocycles. The minimum absolute atomic E-state index is 0.0813. The number of ether oxygens (including phenoxy) is 1. The summed E-state index contributed by atoms with van der Waals surface area (Å²) in [6, 6.07) is 0. The highest BCUT2D eigenvalue weighted by molar-refractivity contribution is 8.23. The Balaban J connectivity index is 0.000000384. The van der Waals surface area contributed by atoms with Gasteiger partial charge in [0, 0.05) is 10.6 Å². The highest BCUT2D eigenvalue weighted by atomic mass is 32.2. The van der Waals surface area contributed by atoms with E-state index in [1.165, 1.54) is 29.2 Å². The van der Waals surface area contributed by atoms with Gasteiger partial charge in [-0.3, -0.25) is 4.79 Å². The predicted molar refractivity (Wildman–Crippen MR) is 98.0 cm³/mol. The van der Waals surface area contributed by atoms with Crippen molar-refractivity contribution in [3.8, 4) is 0 Å². The maximum Gasteiger partial charge on any atom is 0.163 e. The average Bonchev–Trinajstić information content (AvgIpc) is 2.51. The summed E-state index contributed by atoms with van der Waals surface area (Å²) in [5, 5.41) is 0. The van der Waals surface area contributed by atoms with E-state index in [0.717, 1.165) is 30.6 Å². The van der Waals surface area contributed by atoms with Crippen LogP contribution in [0, 0.1) is 0 Å². The van der Waals surface area contributed by atoms with Gasteiger partial charge in [0.2, 0.25) is 0 Å². The van der Waals surface area contributed by atoms with E-state index in [0.29, 0.717) is 0 Å². The lowest BCUT2D eigenvalue weighted by Gasteiger charge is -2.11. The monoisotopic (exact) mass is 328 g/mol. The molecule has 4 heteroatoms. The van der Waals surface area contributed by atoms with Crippen molar-refractivity contribution in [2.24, 2.45) is 0 Å².